The second-order valence-corrected chi connectivity index (χ2v) is 14.7. The van der Waals surface area contributed by atoms with Gasteiger partial charge in [0.05, 0.1) is 0 Å². The van der Waals surface area contributed by atoms with Crippen LogP contribution in [0.2, 0.25) is 4.94 Å². The fraction of sp³-hybridized carbons (Fsp3) is 0.333. The fourth-order valence-electron chi connectivity index (χ4n) is 1.20. The van der Waals surface area contributed by atoms with Gasteiger partial charge in [-0.3, -0.25) is 0 Å². The van der Waals surface area contributed by atoms with Gasteiger partial charge in [-0.25, -0.2) is 0 Å². The molecule has 0 saturated carbocycles. The minimum absolute atomic E-state index is 0.214. The second kappa shape index (κ2) is 4.27. The average molecular weight is 331 g/mol. The molecule has 0 spiro atoms. The fourth-order valence-corrected chi connectivity index (χ4v) is 6.08. The Hall–Kier alpha value is -0.331. The van der Waals surface area contributed by atoms with E-state index in [4.69, 9.17) is 0 Å². The van der Waals surface area contributed by atoms with Gasteiger partial charge in [-0.1, -0.05) is 0 Å². The summed E-state index contributed by atoms with van der Waals surface area (Å²) in [6.07, 6.45) is 0. The molecule has 0 amide bonds. The van der Waals surface area contributed by atoms with E-state index >= 15 is 0 Å². The molecule has 0 aliphatic heterocycles. The molecule has 1 atom stereocenters. The Morgan fingerprint density at radius 3 is 1.87 bits per heavy atom. The molecule has 15 heavy (non-hydrogen) atoms. The van der Waals surface area contributed by atoms with E-state index in [0.29, 0.717) is 4.94 Å². The summed E-state index contributed by atoms with van der Waals surface area (Å²) < 4.78 is 55.0. The zero-order chi connectivity index (χ0) is 11.7. The molecule has 0 bridgehead atoms. The van der Waals surface area contributed by atoms with Gasteiger partial charge in [0.15, 0.2) is 0 Å². The van der Waals surface area contributed by atoms with Crippen LogP contribution >= 0.6 is 0 Å². The molecule has 0 aliphatic rings. The first-order valence-electron chi connectivity index (χ1n) is 4.20. The Labute approximate surface area is 88.0 Å². The first kappa shape index (κ1) is 12.7. The van der Waals surface area contributed by atoms with E-state index in [1.807, 2.05) is 0 Å². The molecule has 0 aromatic heterocycles. The van der Waals surface area contributed by atoms with Crippen LogP contribution in [0, 0.1) is 0 Å². The molecule has 1 unspecified atom stereocenters. The summed E-state index contributed by atoms with van der Waals surface area (Å²) in [4.78, 5) is 0.717. The third-order valence-corrected chi connectivity index (χ3v) is 12.6. The molecular weight excluding hydrogens is 322 g/mol. The molecule has 84 valence electrons. The molecule has 0 fully saturated rings. The number of benzene rings is 1. The summed E-state index contributed by atoms with van der Waals surface area (Å²) in [7, 11) is 0. The van der Waals surface area contributed by atoms with Gasteiger partial charge in [0, 0.05) is 0 Å². The van der Waals surface area contributed by atoms with Crippen LogP contribution in [0.15, 0.2) is 30.3 Å². The van der Waals surface area contributed by atoms with Crippen molar-refractivity contribution in [3.8, 4) is 0 Å². The number of rotatable bonds is 2. The van der Waals surface area contributed by atoms with Crippen molar-refractivity contribution in [2.75, 3.05) is 0 Å². The van der Waals surface area contributed by atoms with Crippen molar-refractivity contribution in [2.45, 2.75) is 13.6 Å². The van der Waals surface area contributed by atoms with E-state index in [0.717, 1.165) is 12.1 Å². The van der Waals surface area contributed by atoms with Gasteiger partial charge in [-0.15, -0.1) is 0 Å². The van der Waals surface area contributed by atoms with E-state index in [9.17, 15) is 22.0 Å². The molecule has 6 heteroatoms. The van der Waals surface area contributed by atoms with Crippen LogP contribution in [0.4, 0.5) is 22.0 Å². The molecule has 1 rings (SSSR count). The van der Waals surface area contributed by atoms with Crippen LogP contribution in [0.3, 0.4) is 0 Å². The van der Waals surface area contributed by atoms with Gasteiger partial charge >= 0.3 is 87.8 Å². The number of hydrogen-bond donors (Lipinski definition) is 0. The predicted molar refractivity (Wildman–Crippen MR) is 49.8 cm³/mol. The van der Waals surface area contributed by atoms with E-state index in [1.165, 1.54) is 18.2 Å². The van der Waals surface area contributed by atoms with Crippen LogP contribution < -0.4 is 3.58 Å². The van der Waals surface area contributed by atoms with Crippen molar-refractivity contribution >= 4 is 22.0 Å². The summed E-state index contributed by atoms with van der Waals surface area (Å²) in [5, 5.41) is 0. The van der Waals surface area contributed by atoms with Crippen LogP contribution in [-0.4, -0.2) is 27.0 Å². The van der Waals surface area contributed by atoms with E-state index in [2.05, 4.69) is 0 Å². The Kier molecular flexibility index (Phi) is 3.63. The first-order valence-corrected chi connectivity index (χ1v) is 11.6. The van der Waals surface area contributed by atoms with Crippen LogP contribution in [0.1, 0.15) is 0 Å². The zero-order valence-corrected chi connectivity index (χ0v) is 10.7. The van der Waals surface area contributed by atoms with Crippen LogP contribution in [0.5, 0.6) is 0 Å². The predicted octanol–water partition coefficient (Wildman–Crippen LogP) is 2.88. The number of halogens is 5. The molecule has 0 saturated heterocycles. The van der Waals surface area contributed by atoms with Gasteiger partial charge in [-0.2, -0.15) is 0 Å². The molecule has 0 radical (unpaired) electrons. The van der Waals surface area contributed by atoms with Crippen molar-refractivity contribution in [3.05, 3.63) is 30.3 Å². The summed E-state index contributed by atoms with van der Waals surface area (Å²) in [6, 6.07) is 6.53. The number of alkyl halides is 5. The Morgan fingerprint density at radius 1 is 1.07 bits per heavy atom. The van der Waals surface area contributed by atoms with Crippen molar-refractivity contribution < 1.29 is 22.0 Å². The molecule has 0 N–H and O–H groups in total. The maximum atomic E-state index is 12.7. The van der Waals surface area contributed by atoms with Crippen molar-refractivity contribution in [2.24, 2.45) is 0 Å². The normalized spacial score (nSPS) is 16.5. The standard InChI is InChI=1S/C6H5.CF3.CHF2.CH3.Sn/c1-2-4-6-5-3-1;2-1(3)4;2-1-3;;/h1-5H;;1H;1H3;. The first-order chi connectivity index (χ1) is 6.80. The summed E-state index contributed by atoms with van der Waals surface area (Å²) >= 11 is -5.57. The van der Waals surface area contributed by atoms with E-state index < -0.39 is 27.0 Å². The van der Waals surface area contributed by atoms with E-state index in [1.54, 1.807) is 0 Å². The van der Waals surface area contributed by atoms with Gasteiger partial charge in [-0.05, 0) is 0 Å². The third kappa shape index (κ3) is 2.26. The maximum absolute atomic E-state index is 12.7. The zero-order valence-electron chi connectivity index (χ0n) is 7.85. The Bertz CT molecular complexity index is 321. The molecule has 0 aliphatic carbocycles. The van der Waals surface area contributed by atoms with E-state index in [-0.39, 0.29) is 3.58 Å². The van der Waals surface area contributed by atoms with Gasteiger partial charge in [0.1, 0.15) is 0 Å². The summed E-state index contributed by atoms with van der Waals surface area (Å²) in [5.41, 5.74) is 0. The van der Waals surface area contributed by atoms with Crippen LogP contribution in [0.25, 0.3) is 0 Å². The Morgan fingerprint density at radius 2 is 1.53 bits per heavy atom. The minimum atomic E-state index is -5.57. The van der Waals surface area contributed by atoms with Crippen LogP contribution in [-0.2, 0) is 0 Å². The van der Waals surface area contributed by atoms with Gasteiger partial charge < -0.3 is 0 Å². The molecule has 1 aromatic rings. The topological polar surface area (TPSA) is 0 Å². The van der Waals surface area contributed by atoms with Crippen molar-refractivity contribution in [1.29, 1.82) is 0 Å². The second-order valence-electron chi connectivity index (χ2n) is 3.37. The van der Waals surface area contributed by atoms with Gasteiger partial charge in [0.2, 0.25) is 0 Å². The quantitative estimate of drug-likeness (QED) is 0.578. The average Bonchev–Trinajstić information content (AvgIpc) is 2.16. The molecule has 1 aromatic carbocycles. The Balaban J connectivity index is 3.26. The SMILES string of the molecule is [CH3][Sn]([c]1ccccc1)([CH](F)F)[C](F)(F)F. The molecular formula is C9H9F5Sn. The van der Waals surface area contributed by atoms with Crippen molar-refractivity contribution in [3.63, 3.8) is 0 Å². The third-order valence-electron chi connectivity index (χ3n) is 2.40. The molecule has 0 nitrogen and oxygen atoms in total. The summed E-state index contributed by atoms with van der Waals surface area (Å²) in [5.74, 6) is 0. The monoisotopic (exact) mass is 332 g/mol. The molecule has 0 heterocycles. The van der Waals surface area contributed by atoms with Gasteiger partial charge in [0.25, 0.3) is 0 Å². The van der Waals surface area contributed by atoms with Crippen molar-refractivity contribution in [1.82, 2.24) is 0 Å². The summed E-state index contributed by atoms with van der Waals surface area (Å²) in [6.45, 7) is 0. The number of hydrogen-bond acceptors (Lipinski definition) is 0.